The maximum absolute atomic E-state index is 12.0. The highest BCUT2D eigenvalue weighted by Gasteiger charge is 2.15. The van der Waals surface area contributed by atoms with Crippen LogP contribution in [0.3, 0.4) is 0 Å². The molecule has 104 valence electrons. The van der Waals surface area contributed by atoms with Crippen LogP contribution in [0, 0.1) is 0 Å². The lowest BCUT2D eigenvalue weighted by Gasteiger charge is -2.13. The number of carbonyl (C=O) groups excluding carboxylic acids is 1. The average Bonchev–Trinajstić information content (AvgIpc) is 2.53. The number of benzene rings is 2. The van der Waals surface area contributed by atoms with Gasteiger partial charge in [0, 0.05) is 6.54 Å². The van der Waals surface area contributed by atoms with Crippen LogP contribution in [0.5, 0.6) is 5.75 Å². The molecule has 2 rings (SSSR count). The molecule has 1 atom stereocenters. The molecule has 4 nitrogen and oxygen atoms in total. The van der Waals surface area contributed by atoms with Crippen molar-refractivity contribution in [2.45, 2.75) is 12.6 Å². The van der Waals surface area contributed by atoms with Gasteiger partial charge < -0.3 is 15.8 Å². The fraction of sp³-hybridized carbons (Fsp3) is 0.188. The van der Waals surface area contributed by atoms with Crippen molar-refractivity contribution in [1.82, 2.24) is 5.32 Å². The van der Waals surface area contributed by atoms with E-state index in [2.05, 4.69) is 5.32 Å². The summed E-state index contributed by atoms with van der Waals surface area (Å²) in [5, 5.41) is 2.83. The highest BCUT2D eigenvalue weighted by atomic mass is 16.5. The van der Waals surface area contributed by atoms with Crippen LogP contribution in [0.4, 0.5) is 0 Å². The minimum atomic E-state index is -0.676. The number of nitrogens with one attached hydrogen (secondary N) is 1. The van der Waals surface area contributed by atoms with Crippen molar-refractivity contribution in [1.29, 1.82) is 0 Å². The lowest BCUT2D eigenvalue weighted by molar-refractivity contribution is -0.122. The first-order valence-electron chi connectivity index (χ1n) is 6.42. The zero-order valence-corrected chi connectivity index (χ0v) is 11.4. The monoisotopic (exact) mass is 270 g/mol. The van der Waals surface area contributed by atoms with Gasteiger partial charge in [-0.25, -0.2) is 0 Å². The molecule has 2 aromatic carbocycles. The summed E-state index contributed by atoms with van der Waals surface area (Å²) < 4.78 is 5.07. The standard InChI is InChI=1S/C16H18N2O2/c1-20-14-9-7-13(8-10-14)15(17)16(19)18-11-12-5-3-2-4-6-12/h2-10,15H,11,17H2,1H3,(H,18,19). The smallest absolute Gasteiger partial charge is 0.241 e. The zero-order chi connectivity index (χ0) is 14.4. The van der Waals surface area contributed by atoms with Gasteiger partial charge in [0.2, 0.25) is 5.91 Å². The normalized spacial score (nSPS) is 11.7. The molecule has 0 saturated heterocycles. The van der Waals surface area contributed by atoms with E-state index < -0.39 is 6.04 Å². The van der Waals surface area contributed by atoms with Crippen molar-refractivity contribution >= 4 is 5.91 Å². The van der Waals surface area contributed by atoms with Gasteiger partial charge >= 0.3 is 0 Å². The molecule has 20 heavy (non-hydrogen) atoms. The van der Waals surface area contributed by atoms with Gasteiger partial charge in [-0.15, -0.1) is 0 Å². The number of nitrogens with two attached hydrogens (primary N) is 1. The second-order valence-corrected chi connectivity index (χ2v) is 4.45. The van der Waals surface area contributed by atoms with E-state index in [-0.39, 0.29) is 5.91 Å². The van der Waals surface area contributed by atoms with Crippen molar-refractivity contribution in [2.75, 3.05) is 7.11 Å². The fourth-order valence-corrected chi connectivity index (χ4v) is 1.86. The van der Waals surface area contributed by atoms with Gasteiger partial charge in [-0.3, -0.25) is 4.79 Å². The summed E-state index contributed by atoms with van der Waals surface area (Å²) in [7, 11) is 1.60. The van der Waals surface area contributed by atoms with Crippen LogP contribution < -0.4 is 15.8 Å². The summed E-state index contributed by atoms with van der Waals surface area (Å²) in [6.45, 7) is 0.476. The zero-order valence-electron chi connectivity index (χ0n) is 11.4. The Morgan fingerprint density at radius 3 is 2.40 bits per heavy atom. The number of amides is 1. The molecule has 0 bridgehead atoms. The first-order valence-corrected chi connectivity index (χ1v) is 6.42. The molecule has 0 aliphatic rings. The Balaban J connectivity index is 1.94. The molecule has 0 spiro atoms. The average molecular weight is 270 g/mol. The topological polar surface area (TPSA) is 64.3 Å². The maximum atomic E-state index is 12.0. The van der Waals surface area contributed by atoms with Gasteiger partial charge in [0.25, 0.3) is 0 Å². The van der Waals surface area contributed by atoms with Crippen molar-refractivity contribution < 1.29 is 9.53 Å². The van der Waals surface area contributed by atoms with E-state index in [1.54, 1.807) is 31.4 Å². The minimum absolute atomic E-state index is 0.195. The van der Waals surface area contributed by atoms with E-state index in [1.807, 2.05) is 30.3 Å². The lowest BCUT2D eigenvalue weighted by Crippen LogP contribution is -2.33. The third-order valence-electron chi connectivity index (χ3n) is 3.07. The third kappa shape index (κ3) is 3.59. The molecular formula is C16H18N2O2. The molecule has 0 heterocycles. The third-order valence-corrected chi connectivity index (χ3v) is 3.07. The van der Waals surface area contributed by atoms with Crippen molar-refractivity contribution in [3.05, 3.63) is 65.7 Å². The molecule has 0 aromatic heterocycles. The van der Waals surface area contributed by atoms with Crippen molar-refractivity contribution in [3.63, 3.8) is 0 Å². The summed E-state index contributed by atoms with van der Waals surface area (Å²) >= 11 is 0. The van der Waals surface area contributed by atoms with E-state index in [9.17, 15) is 4.79 Å². The SMILES string of the molecule is COc1ccc(C(N)C(=O)NCc2ccccc2)cc1. The van der Waals surface area contributed by atoms with Crippen LogP contribution >= 0.6 is 0 Å². The molecule has 0 fully saturated rings. The predicted octanol–water partition coefficient (Wildman–Crippen LogP) is 2.01. The van der Waals surface area contributed by atoms with Crippen molar-refractivity contribution in [3.8, 4) is 5.75 Å². The van der Waals surface area contributed by atoms with Gasteiger partial charge in [0.15, 0.2) is 0 Å². The number of hydrogen-bond acceptors (Lipinski definition) is 3. The summed E-state index contributed by atoms with van der Waals surface area (Å²) in [6, 6.07) is 16.2. The Labute approximate surface area is 118 Å². The highest BCUT2D eigenvalue weighted by Crippen LogP contribution is 2.16. The molecule has 4 heteroatoms. The molecule has 0 aliphatic carbocycles. The molecular weight excluding hydrogens is 252 g/mol. The molecule has 3 N–H and O–H groups in total. The van der Waals surface area contributed by atoms with Crippen LogP contribution in [0.1, 0.15) is 17.2 Å². The number of carbonyl (C=O) groups is 1. The molecule has 0 aliphatic heterocycles. The number of methoxy groups -OCH3 is 1. The van der Waals surface area contributed by atoms with Crippen LogP contribution in [-0.2, 0) is 11.3 Å². The molecule has 1 amide bonds. The number of rotatable bonds is 5. The van der Waals surface area contributed by atoms with Crippen molar-refractivity contribution in [2.24, 2.45) is 5.73 Å². The summed E-state index contributed by atoms with van der Waals surface area (Å²) in [4.78, 5) is 12.0. The Morgan fingerprint density at radius 1 is 1.15 bits per heavy atom. The second kappa shape index (κ2) is 6.73. The molecule has 2 aromatic rings. The van der Waals surface area contributed by atoms with Crippen LogP contribution in [0.25, 0.3) is 0 Å². The highest BCUT2D eigenvalue weighted by molar-refractivity contribution is 5.82. The molecule has 1 unspecified atom stereocenters. The molecule has 0 radical (unpaired) electrons. The summed E-state index contributed by atoms with van der Waals surface area (Å²) in [5.41, 5.74) is 7.75. The van der Waals surface area contributed by atoms with E-state index in [0.29, 0.717) is 6.54 Å². The number of ether oxygens (including phenoxy) is 1. The van der Waals surface area contributed by atoms with Gasteiger partial charge in [0.05, 0.1) is 7.11 Å². The second-order valence-electron chi connectivity index (χ2n) is 4.45. The first-order chi connectivity index (χ1) is 9.70. The van der Waals surface area contributed by atoms with E-state index in [1.165, 1.54) is 0 Å². The number of hydrogen-bond donors (Lipinski definition) is 2. The Bertz CT molecular complexity index is 552. The van der Waals surface area contributed by atoms with Gasteiger partial charge in [-0.05, 0) is 23.3 Å². The Kier molecular flexibility index (Phi) is 4.74. The lowest BCUT2D eigenvalue weighted by atomic mass is 10.1. The van der Waals surface area contributed by atoms with Crippen LogP contribution in [-0.4, -0.2) is 13.0 Å². The fourth-order valence-electron chi connectivity index (χ4n) is 1.86. The van der Waals surface area contributed by atoms with Crippen LogP contribution in [0.2, 0.25) is 0 Å². The van der Waals surface area contributed by atoms with Gasteiger partial charge in [0.1, 0.15) is 11.8 Å². The Hall–Kier alpha value is -2.33. The maximum Gasteiger partial charge on any atom is 0.241 e. The minimum Gasteiger partial charge on any atom is -0.497 e. The first kappa shape index (κ1) is 14.1. The quantitative estimate of drug-likeness (QED) is 0.873. The molecule has 0 saturated carbocycles. The van der Waals surface area contributed by atoms with Crippen LogP contribution in [0.15, 0.2) is 54.6 Å². The van der Waals surface area contributed by atoms with E-state index >= 15 is 0 Å². The summed E-state index contributed by atoms with van der Waals surface area (Å²) in [5.74, 6) is 0.546. The van der Waals surface area contributed by atoms with E-state index in [0.717, 1.165) is 16.9 Å². The largest absolute Gasteiger partial charge is 0.497 e. The Morgan fingerprint density at radius 2 is 1.80 bits per heavy atom. The van der Waals surface area contributed by atoms with Gasteiger partial charge in [-0.2, -0.15) is 0 Å². The van der Waals surface area contributed by atoms with E-state index in [4.69, 9.17) is 10.5 Å². The summed E-state index contributed by atoms with van der Waals surface area (Å²) in [6.07, 6.45) is 0. The predicted molar refractivity (Wildman–Crippen MR) is 78.2 cm³/mol. The van der Waals surface area contributed by atoms with Gasteiger partial charge in [-0.1, -0.05) is 42.5 Å².